The van der Waals surface area contributed by atoms with Gasteiger partial charge in [0.05, 0.1) is 23.8 Å². The van der Waals surface area contributed by atoms with E-state index in [9.17, 15) is 27.6 Å². The number of nitrogens with one attached hydrogen (secondary N) is 1. The number of unbranched alkanes of at least 4 members (excludes halogenated alkanes) is 1. The Balaban J connectivity index is 0.816. The predicted molar refractivity (Wildman–Crippen MR) is 193 cm³/mol. The van der Waals surface area contributed by atoms with Gasteiger partial charge in [0.25, 0.3) is 5.91 Å². The SMILES string of the molecule is N#Cc1ccc(N2CCC(c3ccc(OCCCCN4CCN(c5ccc6c(c5)CN(C5CCC(=O)NC5=O)C6=O)CC4)c(F)c3)CC2)cc1C(F)(F)F. The third kappa shape index (κ3) is 8.01. The summed E-state index contributed by atoms with van der Waals surface area (Å²) >= 11 is 0. The minimum atomic E-state index is -4.61. The number of alkyl halides is 3. The second kappa shape index (κ2) is 15.7. The molecule has 4 aliphatic rings. The fourth-order valence-electron chi connectivity index (χ4n) is 8.03. The summed E-state index contributed by atoms with van der Waals surface area (Å²) in [5.74, 6) is -1.03. The summed E-state index contributed by atoms with van der Waals surface area (Å²) in [4.78, 5) is 45.1. The minimum absolute atomic E-state index is 0.0768. The minimum Gasteiger partial charge on any atom is -0.491 e. The Kier molecular flexibility index (Phi) is 10.8. The number of fused-ring (bicyclic) bond motifs is 1. The summed E-state index contributed by atoms with van der Waals surface area (Å²) < 4.78 is 61.2. The third-order valence-corrected chi connectivity index (χ3v) is 11.1. The van der Waals surface area contributed by atoms with Crippen LogP contribution in [0.15, 0.2) is 54.6 Å². The zero-order chi connectivity index (χ0) is 38.0. The number of anilines is 2. The number of imide groups is 1. The molecule has 0 radical (unpaired) electrons. The van der Waals surface area contributed by atoms with Crippen molar-refractivity contribution in [3.63, 3.8) is 0 Å². The van der Waals surface area contributed by atoms with E-state index in [0.717, 1.165) is 68.4 Å². The van der Waals surface area contributed by atoms with Gasteiger partial charge in [-0.3, -0.25) is 24.6 Å². The van der Waals surface area contributed by atoms with E-state index in [4.69, 9.17) is 10.00 Å². The number of hydrogen-bond donors (Lipinski definition) is 1. The molecule has 1 unspecified atom stereocenters. The number of benzene rings is 3. The van der Waals surface area contributed by atoms with E-state index in [-0.39, 0.29) is 29.9 Å². The molecular formula is C40H42F4N6O4. The first-order valence-electron chi connectivity index (χ1n) is 18.5. The van der Waals surface area contributed by atoms with Gasteiger partial charge in [-0.25, -0.2) is 4.39 Å². The number of nitriles is 1. The van der Waals surface area contributed by atoms with Crippen molar-refractivity contribution in [3.05, 3.63) is 88.2 Å². The number of nitrogens with zero attached hydrogens (tertiary/aromatic N) is 5. The van der Waals surface area contributed by atoms with Crippen LogP contribution in [-0.4, -0.2) is 86.0 Å². The molecule has 3 saturated heterocycles. The Morgan fingerprint density at radius 2 is 1.57 bits per heavy atom. The molecule has 3 amide bonds. The normalized spacial score (nSPS) is 19.9. The average molecular weight is 747 g/mol. The number of amides is 3. The highest BCUT2D eigenvalue weighted by Crippen LogP contribution is 2.37. The van der Waals surface area contributed by atoms with Crippen LogP contribution in [0.4, 0.5) is 28.9 Å². The molecule has 0 spiro atoms. The molecule has 0 aromatic heterocycles. The van der Waals surface area contributed by atoms with Crippen LogP contribution in [0, 0.1) is 17.1 Å². The maximum Gasteiger partial charge on any atom is 0.417 e. The molecule has 54 heavy (non-hydrogen) atoms. The number of piperidine rings is 2. The first-order valence-corrected chi connectivity index (χ1v) is 18.5. The maximum absolute atomic E-state index is 15.0. The van der Waals surface area contributed by atoms with E-state index in [0.29, 0.717) is 56.8 Å². The van der Waals surface area contributed by atoms with Crippen molar-refractivity contribution < 1.29 is 36.7 Å². The lowest BCUT2D eigenvalue weighted by Gasteiger charge is -2.36. The topological polar surface area (TPSA) is 109 Å². The summed E-state index contributed by atoms with van der Waals surface area (Å²) in [6, 6.07) is 15.7. The highest BCUT2D eigenvalue weighted by molar-refractivity contribution is 6.05. The first-order chi connectivity index (χ1) is 26.0. The summed E-state index contributed by atoms with van der Waals surface area (Å²) in [6.07, 6.45) is -1.05. The molecule has 1 atom stereocenters. The van der Waals surface area contributed by atoms with Gasteiger partial charge in [0, 0.05) is 69.2 Å². The largest absolute Gasteiger partial charge is 0.491 e. The summed E-state index contributed by atoms with van der Waals surface area (Å²) in [6.45, 7) is 6.13. The molecule has 7 rings (SSSR count). The maximum atomic E-state index is 15.0. The first kappa shape index (κ1) is 37.2. The molecule has 4 heterocycles. The second-order valence-electron chi connectivity index (χ2n) is 14.4. The van der Waals surface area contributed by atoms with Crippen LogP contribution in [0.1, 0.15) is 77.1 Å². The summed E-state index contributed by atoms with van der Waals surface area (Å²) in [5, 5.41) is 11.4. The van der Waals surface area contributed by atoms with Gasteiger partial charge in [0.1, 0.15) is 6.04 Å². The van der Waals surface area contributed by atoms with Gasteiger partial charge in [-0.15, -0.1) is 0 Å². The van der Waals surface area contributed by atoms with Gasteiger partial charge in [0.2, 0.25) is 11.8 Å². The lowest BCUT2D eigenvalue weighted by Crippen LogP contribution is -2.52. The lowest BCUT2D eigenvalue weighted by molar-refractivity contribution is -0.138. The molecule has 3 aromatic carbocycles. The van der Waals surface area contributed by atoms with E-state index >= 15 is 4.39 Å². The lowest BCUT2D eigenvalue weighted by atomic mass is 9.89. The average Bonchev–Trinajstić information content (AvgIpc) is 3.49. The number of carbonyl (C=O) groups excluding carboxylic acids is 3. The standard InChI is InChI=1S/C40H42F4N6O4/c41-34-22-27(26-11-14-48(15-12-26)31-5-3-28(24-45)33(23-31)40(42,43)44)4-9-36(34)54-20-2-1-13-47-16-18-49(19-17-47)30-6-7-32-29(21-30)25-50(39(32)53)35-8-10-37(51)46-38(35)52/h3-7,9,21-23,26,35H,1-2,8,10-20,25H2,(H,46,51,52). The zero-order valence-electron chi connectivity index (χ0n) is 29.8. The van der Waals surface area contributed by atoms with E-state index in [2.05, 4.69) is 15.1 Å². The Morgan fingerprint density at radius 3 is 2.28 bits per heavy atom. The van der Waals surface area contributed by atoms with Crippen LogP contribution in [0.25, 0.3) is 0 Å². The van der Waals surface area contributed by atoms with Crippen molar-refractivity contribution in [2.45, 2.75) is 63.2 Å². The van der Waals surface area contributed by atoms with Gasteiger partial charge in [0.15, 0.2) is 11.6 Å². The summed E-state index contributed by atoms with van der Waals surface area (Å²) in [5.41, 5.74) is 2.49. The molecule has 3 fully saturated rings. The smallest absolute Gasteiger partial charge is 0.417 e. The Hall–Kier alpha value is -5.16. The van der Waals surface area contributed by atoms with Crippen molar-refractivity contribution in [2.75, 3.05) is 62.2 Å². The fraction of sp³-hybridized carbons (Fsp3) is 0.450. The van der Waals surface area contributed by atoms with Crippen LogP contribution < -0.4 is 19.9 Å². The van der Waals surface area contributed by atoms with Gasteiger partial charge in [-0.2, -0.15) is 18.4 Å². The van der Waals surface area contributed by atoms with E-state index in [1.807, 2.05) is 29.2 Å². The van der Waals surface area contributed by atoms with Crippen LogP contribution in [-0.2, 0) is 22.3 Å². The van der Waals surface area contributed by atoms with Gasteiger partial charge < -0.3 is 19.4 Å². The second-order valence-corrected chi connectivity index (χ2v) is 14.4. The number of ether oxygens (including phenoxy) is 1. The number of piperazine rings is 1. The van der Waals surface area contributed by atoms with Crippen LogP contribution in [0.5, 0.6) is 5.75 Å². The van der Waals surface area contributed by atoms with E-state index in [1.165, 1.54) is 12.1 Å². The Labute approximate surface area is 311 Å². The van der Waals surface area contributed by atoms with Crippen molar-refractivity contribution in [1.82, 2.24) is 15.1 Å². The molecule has 3 aromatic rings. The molecule has 0 bridgehead atoms. The Bertz CT molecular complexity index is 1950. The zero-order valence-corrected chi connectivity index (χ0v) is 29.8. The molecule has 1 N–H and O–H groups in total. The number of hydrogen-bond acceptors (Lipinski definition) is 8. The number of halogens is 4. The van der Waals surface area contributed by atoms with Gasteiger partial charge in [-0.05, 0) is 104 Å². The molecule has 14 heteroatoms. The van der Waals surface area contributed by atoms with Crippen molar-refractivity contribution in [3.8, 4) is 11.8 Å². The molecule has 4 aliphatic heterocycles. The third-order valence-electron chi connectivity index (χ3n) is 11.1. The summed E-state index contributed by atoms with van der Waals surface area (Å²) in [7, 11) is 0. The molecule has 0 saturated carbocycles. The van der Waals surface area contributed by atoms with Crippen LogP contribution >= 0.6 is 0 Å². The predicted octanol–water partition coefficient (Wildman–Crippen LogP) is 5.84. The van der Waals surface area contributed by atoms with Gasteiger partial charge >= 0.3 is 6.18 Å². The van der Waals surface area contributed by atoms with Crippen molar-refractivity contribution in [1.29, 1.82) is 5.26 Å². The molecule has 10 nitrogen and oxygen atoms in total. The van der Waals surface area contributed by atoms with E-state index in [1.54, 1.807) is 23.1 Å². The van der Waals surface area contributed by atoms with E-state index < -0.39 is 35.1 Å². The number of rotatable bonds is 10. The van der Waals surface area contributed by atoms with Gasteiger partial charge in [-0.1, -0.05) is 6.07 Å². The Morgan fingerprint density at radius 1 is 0.852 bits per heavy atom. The van der Waals surface area contributed by atoms with Crippen molar-refractivity contribution in [2.24, 2.45) is 0 Å². The van der Waals surface area contributed by atoms with Crippen LogP contribution in [0.3, 0.4) is 0 Å². The highest BCUT2D eigenvalue weighted by Gasteiger charge is 2.39. The highest BCUT2D eigenvalue weighted by atomic mass is 19.4. The molecular weight excluding hydrogens is 704 g/mol. The fourth-order valence-corrected chi connectivity index (χ4v) is 8.03. The monoisotopic (exact) mass is 746 g/mol. The molecule has 0 aliphatic carbocycles. The molecule has 284 valence electrons. The van der Waals surface area contributed by atoms with Crippen LogP contribution in [0.2, 0.25) is 0 Å². The number of carbonyl (C=O) groups is 3. The van der Waals surface area contributed by atoms with Crippen molar-refractivity contribution >= 4 is 29.1 Å². The quantitative estimate of drug-likeness (QED) is 0.157.